The molecule has 0 radical (unpaired) electrons. The lowest BCUT2D eigenvalue weighted by Crippen LogP contribution is -2.36. The number of aromatic nitrogens is 1. The summed E-state index contributed by atoms with van der Waals surface area (Å²) in [6.45, 7) is 3.27. The van der Waals surface area contributed by atoms with Crippen LogP contribution in [-0.2, 0) is 6.42 Å². The van der Waals surface area contributed by atoms with Crippen molar-refractivity contribution < 1.29 is 9.53 Å². The van der Waals surface area contributed by atoms with Gasteiger partial charge in [-0.2, -0.15) is 0 Å². The fourth-order valence-corrected chi connectivity index (χ4v) is 2.16. The lowest BCUT2D eigenvalue weighted by Gasteiger charge is -2.22. The molecule has 0 saturated heterocycles. The summed E-state index contributed by atoms with van der Waals surface area (Å²) in [5.74, 6) is 0.654. The fraction of sp³-hybridized carbons (Fsp3) is 0.294. The number of amides is 2. The predicted octanol–water partition coefficient (Wildman–Crippen LogP) is 3.19. The first-order valence-electron chi connectivity index (χ1n) is 7.32. The van der Waals surface area contributed by atoms with Crippen molar-refractivity contribution in [1.29, 1.82) is 0 Å². The zero-order valence-electron chi connectivity index (χ0n) is 13.0. The Labute approximate surface area is 130 Å². The van der Waals surface area contributed by atoms with Gasteiger partial charge in [0.2, 0.25) is 0 Å². The highest BCUT2D eigenvalue weighted by molar-refractivity contribution is 5.90. The zero-order chi connectivity index (χ0) is 15.8. The molecular weight excluding hydrogens is 278 g/mol. The van der Waals surface area contributed by atoms with E-state index in [4.69, 9.17) is 4.74 Å². The number of para-hydroxylation sites is 2. The van der Waals surface area contributed by atoms with Crippen molar-refractivity contribution >= 4 is 11.7 Å². The van der Waals surface area contributed by atoms with Crippen molar-refractivity contribution in [2.24, 2.45) is 0 Å². The summed E-state index contributed by atoms with van der Waals surface area (Å²) in [6.07, 6.45) is 4.33. The number of hydrogen-bond donors (Lipinski definition) is 1. The molecule has 2 aromatic rings. The molecule has 2 amide bonds. The Morgan fingerprint density at radius 1 is 1.23 bits per heavy atom. The van der Waals surface area contributed by atoms with Crippen LogP contribution in [0.3, 0.4) is 0 Å². The molecule has 1 aromatic heterocycles. The number of carbonyl (C=O) groups excluding carboxylic acids is 1. The highest BCUT2D eigenvalue weighted by Gasteiger charge is 2.13. The Kier molecular flexibility index (Phi) is 5.77. The molecule has 5 heteroatoms. The van der Waals surface area contributed by atoms with Gasteiger partial charge in [-0.05, 0) is 43.2 Å². The van der Waals surface area contributed by atoms with Gasteiger partial charge < -0.3 is 15.0 Å². The Morgan fingerprint density at radius 3 is 2.64 bits per heavy atom. The number of hydrogen-bond acceptors (Lipinski definition) is 3. The van der Waals surface area contributed by atoms with Gasteiger partial charge in [-0.1, -0.05) is 12.1 Å². The number of rotatable bonds is 6. The molecule has 5 nitrogen and oxygen atoms in total. The Morgan fingerprint density at radius 2 is 1.95 bits per heavy atom. The molecule has 0 saturated carbocycles. The Hall–Kier alpha value is -2.56. The van der Waals surface area contributed by atoms with E-state index in [1.54, 1.807) is 24.4 Å². The highest BCUT2D eigenvalue weighted by atomic mass is 16.5. The second-order valence-electron chi connectivity index (χ2n) is 4.82. The van der Waals surface area contributed by atoms with Crippen LogP contribution in [0.15, 0.2) is 48.8 Å². The fourth-order valence-electron chi connectivity index (χ4n) is 2.16. The number of urea groups is 1. The molecule has 1 heterocycles. The van der Waals surface area contributed by atoms with Crippen LogP contribution < -0.4 is 10.1 Å². The van der Waals surface area contributed by atoms with Crippen LogP contribution in [0.25, 0.3) is 0 Å². The van der Waals surface area contributed by atoms with Gasteiger partial charge in [0, 0.05) is 25.5 Å². The second kappa shape index (κ2) is 8.02. The van der Waals surface area contributed by atoms with Crippen LogP contribution >= 0.6 is 0 Å². The first kappa shape index (κ1) is 15.8. The van der Waals surface area contributed by atoms with E-state index in [9.17, 15) is 4.79 Å². The minimum Gasteiger partial charge on any atom is -0.495 e. The van der Waals surface area contributed by atoms with E-state index in [1.807, 2.05) is 43.3 Å². The summed E-state index contributed by atoms with van der Waals surface area (Å²) in [6, 6.07) is 11.2. The van der Waals surface area contributed by atoms with Crippen molar-refractivity contribution in [2.75, 3.05) is 25.5 Å². The molecule has 1 aromatic carbocycles. The van der Waals surface area contributed by atoms with Crippen LogP contribution in [0.1, 0.15) is 12.5 Å². The van der Waals surface area contributed by atoms with E-state index in [1.165, 1.54) is 5.56 Å². The lowest BCUT2D eigenvalue weighted by atomic mass is 10.2. The number of anilines is 1. The summed E-state index contributed by atoms with van der Waals surface area (Å²) >= 11 is 0. The van der Waals surface area contributed by atoms with E-state index in [-0.39, 0.29) is 6.03 Å². The normalized spacial score (nSPS) is 10.1. The van der Waals surface area contributed by atoms with Crippen LogP contribution in [0.2, 0.25) is 0 Å². The summed E-state index contributed by atoms with van der Waals surface area (Å²) in [5.41, 5.74) is 1.84. The number of pyridine rings is 1. The van der Waals surface area contributed by atoms with E-state index in [0.29, 0.717) is 24.5 Å². The first-order valence-corrected chi connectivity index (χ1v) is 7.32. The summed E-state index contributed by atoms with van der Waals surface area (Å²) in [5, 5.41) is 2.90. The van der Waals surface area contributed by atoms with Gasteiger partial charge in [0.25, 0.3) is 0 Å². The molecule has 0 spiro atoms. The lowest BCUT2D eigenvalue weighted by molar-refractivity contribution is 0.215. The molecule has 0 aliphatic rings. The van der Waals surface area contributed by atoms with Gasteiger partial charge in [-0.3, -0.25) is 4.98 Å². The Bertz CT molecular complexity index is 602. The number of methoxy groups -OCH3 is 1. The molecular formula is C17H21N3O2. The summed E-state index contributed by atoms with van der Waals surface area (Å²) < 4.78 is 5.25. The topological polar surface area (TPSA) is 54.5 Å². The number of likely N-dealkylation sites (N-methyl/N-ethyl adjacent to an activating group) is 1. The molecule has 0 aliphatic carbocycles. The standard InChI is InChI=1S/C17H21N3O2/c1-3-20(13-10-14-8-11-18-12-9-14)17(21)19-15-6-4-5-7-16(15)22-2/h4-9,11-12H,3,10,13H2,1-2H3,(H,19,21). The molecule has 2 rings (SSSR count). The third-order valence-corrected chi connectivity index (χ3v) is 3.44. The van der Waals surface area contributed by atoms with E-state index < -0.39 is 0 Å². The number of carbonyl (C=O) groups is 1. The van der Waals surface area contributed by atoms with Gasteiger partial charge in [-0.15, -0.1) is 0 Å². The molecule has 0 atom stereocenters. The van der Waals surface area contributed by atoms with Crippen LogP contribution in [0.5, 0.6) is 5.75 Å². The third kappa shape index (κ3) is 4.22. The van der Waals surface area contributed by atoms with Crippen LogP contribution in [-0.4, -0.2) is 36.1 Å². The molecule has 1 N–H and O–H groups in total. The van der Waals surface area contributed by atoms with Crippen molar-refractivity contribution in [3.05, 3.63) is 54.4 Å². The summed E-state index contributed by atoms with van der Waals surface area (Å²) in [7, 11) is 1.59. The van der Waals surface area contributed by atoms with Crippen molar-refractivity contribution in [3.8, 4) is 5.75 Å². The maximum absolute atomic E-state index is 12.4. The highest BCUT2D eigenvalue weighted by Crippen LogP contribution is 2.23. The largest absolute Gasteiger partial charge is 0.495 e. The van der Waals surface area contributed by atoms with Crippen LogP contribution in [0, 0.1) is 0 Å². The minimum absolute atomic E-state index is 0.124. The van der Waals surface area contributed by atoms with Gasteiger partial charge in [0.1, 0.15) is 5.75 Å². The van der Waals surface area contributed by atoms with Gasteiger partial charge in [0.05, 0.1) is 12.8 Å². The molecule has 22 heavy (non-hydrogen) atoms. The zero-order valence-corrected chi connectivity index (χ0v) is 13.0. The number of nitrogens with zero attached hydrogens (tertiary/aromatic N) is 2. The number of ether oxygens (including phenoxy) is 1. The van der Waals surface area contributed by atoms with E-state index in [2.05, 4.69) is 10.3 Å². The predicted molar refractivity (Wildman–Crippen MR) is 87.2 cm³/mol. The van der Waals surface area contributed by atoms with Crippen molar-refractivity contribution in [1.82, 2.24) is 9.88 Å². The Balaban J connectivity index is 1.97. The number of benzene rings is 1. The van der Waals surface area contributed by atoms with Crippen molar-refractivity contribution in [3.63, 3.8) is 0 Å². The third-order valence-electron chi connectivity index (χ3n) is 3.44. The van der Waals surface area contributed by atoms with Crippen LogP contribution in [0.4, 0.5) is 10.5 Å². The van der Waals surface area contributed by atoms with Gasteiger partial charge >= 0.3 is 6.03 Å². The summed E-state index contributed by atoms with van der Waals surface area (Å²) in [4.78, 5) is 18.1. The van der Waals surface area contributed by atoms with E-state index >= 15 is 0 Å². The van der Waals surface area contributed by atoms with Gasteiger partial charge in [-0.25, -0.2) is 4.79 Å². The maximum Gasteiger partial charge on any atom is 0.321 e. The van der Waals surface area contributed by atoms with Gasteiger partial charge in [0.15, 0.2) is 0 Å². The minimum atomic E-state index is -0.124. The molecule has 0 fully saturated rings. The first-order chi connectivity index (χ1) is 10.7. The maximum atomic E-state index is 12.4. The quantitative estimate of drug-likeness (QED) is 0.891. The average Bonchev–Trinajstić information content (AvgIpc) is 2.57. The molecule has 0 unspecified atom stereocenters. The monoisotopic (exact) mass is 299 g/mol. The molecule has 116 valence electrons. The SMILES string of the molecule is CCN(CCc1ccncc1)C(=O)Nc1ccccc1OC. The number of nitrogens with one attached hydrogen (secondary N) is 1. The second-order valence-corrected chi connectivity index (χ2v) is 4.82. The van der Waals surface area contributed by atoms with Crippen molar-refractivity contribution in [2.45, 2.75) is 13.3 Å². The van der Waals surface area contributed by atoms with E-state index in [0.717, 1.165) is 6.42 Å². The molecule has 0 aliphatic heterocycles. The molecule has 0 bridgehead atoms. The average molecular weight is 299 g/mol. The smallest absolute Gasteiger partial charge is 0.321 e.